The average molecular weight is 219 g/mol. The van der Waals surface area contributed by atoms with Crippen molar-refractivity contribution in [2.45, 2.75) is 13.8 Å². The molecule has 0 bridgehead atoms. The smallest absolute Gasteiger partial charge is 0.268 e. The number of carbonyl (C=O) groups excluding carboxylic acids is 1. The summed E-state index contributed by atoms with van der Waals surface area (Å²) in [6.45, 7) is 3.41. The quantitative estimate of drug-likeness (QED) is 0.786. The first-order valence-electron chi connectivity index (χ1n) is 3.57. The Hall–Kier alpha value is -0.800. The van der Waals surface area contributed by atoms with Crippen molar-refractivity contribution in [2.75, 3.05) is 0 Å². The lowest BCUT2D eigenvalue weighted by atomic mass is 10.2. The first-order valence-corrected chi connectivity index (χ1v) is 4.32. The zero-order chi connectivity index (χ0) is 10.2. The Labute approximate surface area is 85.9 Å². The van der Waals surface area contributed by atoms with E-state index in [1.807, 2.05) is 0 Å². The van der Waals surface area contributed by atoms with Crippen molar-refractivity contribution in [1.29, 1.82) is 0 Å². The highest BCUT2D eigenvalue weighted by atomic mass is 35.5. The Bertz CT molecular complexity index is 377. The Kier molecular flexibility index (Phi) is 2.78. The summed E-state index contributed by atoms with van der Waals surface area (Å²) in [4.78, 5) is 14.8. The number of pyridine rings is 1. The third kappa shape index (κ3) is 1.76. The van der Waals surface area contributed by atoms with Crippen LogP contribution in [0.5, 0.6) is 0 Å². The van der Waals surface area contributed by atoms with E-state index in [1.165, 1.54) is 0 Å². The van der Waals surface area contributed by atoms with Crippen LogP contribution in [0.15, 0.2) is 0 Å². The molecule has 1 heterocycles. The van der Waals surface area contributed by atoms with Crippen molar-refractivity contribution in [1.82, 2.24) is 4.98 Å². The standard InChI is InChI=1S/C8H8Cl2N2O/c1-3-5(9)4(2)12-7(6(3)10)8(11)13/h1-2H3,(H2,11,13). The molecule has 2 N–H and O–H groups in total. The third-order valence-electron chi connectivity index (χ3n) is 1.70. The van der Waals surface area contributed by atoms with Crippen LogP contribution in [0.2, 0.25) is 10.0 Å². The van der Waals surface area contributed by atoms with Gasteiger partial charge in [-0.15, -0.1) is 0 Å². The summed E-state index contributed by atoms with van der Waals surface area (Å²) in [5.41, 5.74) is 6.33. The summed E-state index contributed by atoms with van der Waals surface area (Å²) < 4.78 is 0. The van der Waals surface area contributed by atoms with E-state index >= 15 is 0 Å². The van der Waals surface area contributed by atoms with Gasteiger partial charge in [0.15, 0.2) is 0 Å². The highest BCUT2D eigenvalue weighted by molar-refractivity contribution is 6.37. The fraction of sp³-hybridized carbons (Fsp3) is 0.250. The minimum absolute atomic E-state index is 0.0704. The maximum atomic E-state index is 10.9. The van der Waals surface area contributed by atoms with Crippen molar-refractivity contribution >= 4 is 29.1 Å². The molecule has 0 fully saturated rings. The van der Waals surface area contributed by atoms with Gasteiger partial charge in [-0.05, 0) is 19.4 Å². The minimum Gasteiger partial charge on any atom is -0.364 e. The van der Waals surface area contributed by atoms with Crippen LogP contribution >= 0.6 is 23.2 Å². The second-order valence-corrected chi connectivity index (χ2v) is 3.42. The van der Waals surface area contributed by atoms with Gasteiger partial charge < -0.3 is 5.73 Å². The van der Waals surface area contributed by atoms with Crippen LogP contribution in [0.1, 0.15) is 21.7 Å². The lowest BCUT2D eigenvalue weighted by Crippen LogP contribution is -2.15. The van der Waals surface area contributed by atoms with Gasteiger partial charge in [0.05, 0.1) is 15.7 Å². The van der Waals surface area contributed by atoms with Crippen LogP contribution < -0.4 is 5.73 Å². The van der Waals surface area contributed by atoms with E-state index in [0.29, 0.717) is 16.3 Å². The second kappa shape index (κ2) is 3.52. The number of nitrogens with zero attached hydrogens (tertiary/aromatic N) is 1. The summed E-state index contributed by atoms with van der Waals surface area (Å²) in [6.07, 6.45) is 0. The predicted octanol–water partition coefficient (Wildman–Crippen LogP) is 2.10. The average Bonchev–Trinajstić information content (AvgIpc) is 2.07. The topological polar surface area (TPSA) is 56.0 Å². The van der Waals surface area contributed by atoms with E-state index in [9.17, 15) is 4.79 Å². The van der Waals surface area contributed by atoms with Gasteiger partial charge in [-0.1, -0.05) is 23.2 Å². The van der Waals surface area contributed by atoms with E-state index < -0.39 is 5.91 Å². The molecule has 1 rings (SSSR count). The van der Waals surface area contributed by atoms with Crippen molar-refractivity contribution in [2.24, 2.45) is 5.73 Å². The van der Waals surface area contributed by atoms with Crippen molar-refractivity contribution in [3.05, 3.63) is 27.0 Å². The molecule has 3 nitrogen and oxygen atoms in total. The Morgan fingerprint density at radius 2 is 1.85 bits per heavy atom. The molecule has 0 saturated carbocycles. The van der Waals surface area contributed by atoms with Gasteiger partial charge in [-0.2, -0.15) is 0 Å². The Morgan fingerprint density at radius 3 is 2.31 bits per heavy atom. The number of halogens is 2. The number of hydrogen-bond acceptors (Lipinski definition) is 2. The van der Waals surface area contributed by atoms with Gasteiger partial charge in [-0.3, -0.25) is 4.79 Å². The lowest BCUT2D eigenvalue weighted by Gasteiger charge is -2.07. The van der Waals surface area contributed by atoms with Crippen molar-refractivity contribution in [3.63, 3.8) is 0 Å². The van der Waals surface area contributed by atoms with Crippen LogP contribution in [0.3, 0.4) is 0 Å². The molecule has 0 aromatic carbocycles. The number of hydrogen-bond donors (Lipinski definition) is 1. The molecule has 0 atom stereocenters. The molecule has 0 unspecified atom stereocenters. The molecule has 70 valence electrons. The maximum Gasteiger partial charge on any atom is 0.268 e. The van der Waals surface area contributed by atoms with E-state index in [0.717, 1.165) is 0 Å². The van der Waals surface area contributed by atoms with Crippen LogP contribution in [0, 0.1) is 13.8 Å². The first kappa shape index (κ1) is 10.3. The molecule has 0 spiro atoms. The lowest BCUT2D eigenvalue weighted by molar-refractivity contribution is 0.0995. The monoisotopic (exact) mass is 218 g/mol. The molecule has 1 aromatic heterocycles. The molecule has 1 aromatic rings. The summed E-state index contributed by atoms with van der Waals surface area (Å²) >= 11 is 11.7. The fourth-order valence-corrected chi connectivity index (χ4v) is 1.39. The molecule has 0 saturated heterocycles. The summed E-state index contributed by atoms with van der Waals surface area (Å²) in [7, 11) is 0. The molecule has 0 aliphatic carbocycles. The second-order valence-electron chi connectivity index (χ2n) is 2.66. The van der Waals surface area contributed by atoms with E-state index in [4.69, 9.17) is 28.9 Å². The van der Waals surface area contributed by atoms with Gasteiger partial charge in [-0.25, -0.2) is 4.98 Å². The van der Waals surface area contributed by atoms with E-state index in [1.54, 1.807) is 13.8 Å². The predicted molar refractivity (Wildman–Crippen MR) is 52.2 cm³/mol. The SMILES string of the molecule is Cc1nc(C(N)=O)c(Cl)c(C)c1Cl. The molecular weight excluding hydrogens is 211 g/mol. The van der Waals surface area contributed by atoms with Crippen molar-refractivity contribution < 1.29 is 4.79 Å². The Balaban J connectivity index is 3.50. The van der Waals surface area contributed by atoms with Gasteiger partial charge in [0.25, 0.3) is 5.91 Å². The molecule has 1 amide bonds. The largest absolute Gasteiger partial charge is 0.364 e. The van der Waals surface area contributed by atoms with E-state index in [-0.39, 0.29) is 10.7 Å². The number of primary amides is 1. The summed E-state index contributed by atoms with van der Waals surface area (Å²) in [5.74, 6) is -0.645. The molecule has 0 radical (unpaired) electrons. The molecular formula is C8H8Cl2N2O. The highest BCUT2D eigenvalue weighted by Gasteiger charge is 2.15. The van der Waals surface area contributed by atoms with Gasteiger partial charge >= 0.3 is 0 Å². The van der Waals surface area contributed by atoms with Crippen LogP contribution in [-0.2, 0) is 0 Å². The number of nitrogens with two attached hydrogens (primary N) is 1. The number of aryl methyl sites for hydroxylation is 1. The van der Waals surface area contributed by atoms with Crippen molar-refractivity contribution in [3.8, 4) is 0 Å². The molecule has 13 heavy (non-hydrogen) atoms. The molecule has 0 aliphatic rings. The highest BCUT2D eigenvalue weighted by Crippen LogP contribution is 2.27. The molecule has 5 heteroatoms. The zero-order valence-corrected chi connectivity index (χ0v) is 8.70. The summed E-state index contributed by atoms with van der Waals surface area (Å²) in [5, 5.41) is 0.693. The normalized spacial score (nSPS) is 10.2. The first-order chi connectivity index (χ1) is 5.95. The fourth-order valence-electron chi connectivity index (χ4n) is 0.974. The maximum absolute atomic E-state index is 10.9. The minimum atomic E-state index is -0.645. The summed E-state index contributed by atoms with van der Waals surface area (Å²) in [6, 6.07) is 0. The van der Waals surface area contributed by atoms with Gasteiger partial charge in [0.2, 0.25) is 0 Å². The number of aromatic nitrogens is 1. The van der Waals surface area contributed by atoms with Crippen LogP contribution in [0.25, 0.3) is 0 Å². The number of amides is 1. The van der Waals surface area contributed by atoms with Gasteiger partial charge in [0.1, 0.15) is 5.69 Å². The van der Waals surface area contributed by atoms with Crippen LogP contribution in [0.4, 0.5) is 0 Å². The third-order valence-corrected chi connectivity index (χ3v) is 2.72. The van der Waals surface area contributed by atoms with Crippen LogP contribution in [-0.4, -0.2) is 10.9 Å². The number of carbonyl (C=O) groups is 1. The van der Waals surface area contributed by atoms with E-state index in [2.05, 4.69) is 4.98 Å². The zero-order valence-electron chi connectivity index (χ0n) is 7.19. The Morgan fingerprint density at radius 1 is 1.31 bits per heavy atom. The van der Waals surface area contributed by atoms with Gasteiger partial charge in [0, 0.05) is 0 Å². The number of rotatable bonds is 1. The molecule has 0 aliphatic heterocycles.